The van der Waals surface area contributed by atoms with Gasteiger partial charge < -0.3 is 0 Å². The smallest absolute Gasteiger partial charge is 0.145 e. The van der Waals surface area contributed by atoms with Crippen molar-refractivity contribution < 1.29 is 0 Å². The van der Waals surface area contributed by atoms with E-state index in [0.29, 0.717) is 0 Å². The molecule has 1 aliphatic carbocycles. The van der Waals surface area contributed by atoms with Crippen LogP contribution >= 0.6 is 0 Å². The summed E-state index contributed by atoms with van der Waals surface area (Å²) in [7, 11) is 0. The van der Waals surface area contributed by atoms with Crippen LogP contribution in [-0.4, -0.2) is 14.5 Å². The first-order valence-electron chi connectivity index (χ1n) is 17.8. The van der Waals surface area contributed by atoms with Crippen LogP contribution in [0.4, 0.5) is 0 Å². The normalized spacial score (nSPS) is 13.2. The average Bonchev–Trinajstić information content (AvgIpc) is 3.76. The molecule has 3 nitrogen and oxygen atoms in total. The van der Waals surface area contributed by atoms with Crippen LogP contribution in [0.15, 0.2) is 188 Å². The van der Waals surface area contributed by atoms with Crippen LogP contribution in [0.3, 0.4) is 0 Å². The highest BCUT2D eigenvalue weighted by atomic mass is 15.1. The molecule has 1 spiro atoms. The van der Waals surface area contributed by atoms with Crippen molar-refractivity contribution in [2.45, 2.75) is 5.41 Å². The molecule has 11 rings (SSSR count). The molecule has 2 aliphatic rings. The molecule has 0 saturated heterocycles. The zero-order valence-electron chi connectivity index (χ0n) is 28.2. The van der Waals surface area contributed by atoms with Gasteiger partial charge in [-0.25, -0.2) is 9.97 Å². The lowest BCUT2D eigenvalue weighted by atomic mass is 9.65. The summed E-state index contributed by atoms with van der Waals surface area (Å²) in [6.07, 6.45) is 0. The van der Waals surface area contributed by atoms with Gasteiger partial charge in [0.25, 0.3) is 0 Å². The molecule has 52 heavy (non-hydrogen) atoms. The minimum atomic E-state index is -0.447. The summed E-state index contributed by atoms with van der Waals surface area (Å²) in [4.78, 5) is 10.6. The maximum Gasteiger partial charge on any atom is 0.145 e. The molecule has 2 aromatic heterocycles. The van der Waals surface area contributed by atoms with Crippen LogP contribution in [0, 0.1) is 0 Å². The summed E-state index contributed by atoms with van der Waals surface area (Å²) in [6, 6.07) is 67.6. The first-order chi connectivity index (χ1) is 25.8. The van der Waals surface area contributed by atoms with Crippen molar-refractivity contribution in [3.63, 3.8) is 0 Å². The van der Waals surface area contributed by atoms with Gasteiger partial charge in [-0.3, -0.25) is 4.57 Å². The molecule has 3 heteroatoms. The van der Waals surface area contributed by atoms with E-state index in [1.54, 1.807) is 0 Å². The number of benzene rings is 7. The summed E-state index contributed by atoms with van der Waals surface area (Å²) >= 11 is 0. The minimum absolute atomic E-state index is 0.447. The standard InChI is InChI=1S/C49H31N3/c1-3-15-32(16-4-1)44-30-36(31-45(50-44)33-17-5-2-6-18-33)34-19-13-20-35(29-34)48-51-43-27-14-26-42-47(43)52(48)46-28-12-11-25-41(46)49(42)39-23-9-7-21-37(39)38-22-8-10-24-40(38)49/h1-31H. The molecule has 0 unspecified atom stereocenters. The fourth-order valence-corrected chi connectivity index (χ4v) is 8.85. The molecule has 0 N–H and O–H groups in total. The molecule has 0 amide bonds. The average molecular weight is 662 g/mol. The number of fused-ring (bicyclic) bond motifs is 9. The quantitative estimate of drug-likeness (QED) is 0.188. The number of hydrogen-bond donors (Lipinski definition) is 0. The van der Waals surface area contributed by atoms with Gasteiger partial charge in [0, 0.05) is 16.7 Å². The third-order valence-corrected chi connectivity index (χ3v) is 11.0. The van der Waals surface area contributed by atoms with Crippen molar-refractivity contribution in [1.29, 1.82) is 0 Å². The predicted molar refractivity (Wildman–Crippen MR) is 211 cm³/mol. The van der Waals surface area contributed by atoms with Crippen LogP contribution < -0.4 is 0 Å². The summed E-state index contributed by atoms with van der Waals surface area (Å²) < 4.78 is 2.41. The second-order valence-electron chi connectivity index (χ2n) is 13.7. The SMILES string of the molecule is c1ccc(-c2cc(-c3cccc(-c4nc5cccc6c5n4-c4ccccc4C64c5ccccc5-c5ccccc54)c3)cc(-c3ccccc3)n2)cc1. The molecule has 242 valence electrons. The van der Waals surface area contributed by atoms with Crippen molar-refractivity contribution in [3.8, 4) is 61.8 Å². The van der Waals surface area contributed by atoms with Crippen molar-refractivity contribution in [2.24, 2.45) is 0 Å². The number of imidazole rings is 1. The topological polar surface area (TPSA) is 30.7 Å². The third kappa shape index (κ3) is 4.02. The maximum absolute atomic E-state index is 5.44. The van der Waals surface area contributed by atoms with E-state index in [0.717, 1.165) is 61.8 Å². The Morgan fingerprint density at radius 1 is 0.365 bits per heavy atom. The van der Waals surface area contributed by atoms with E-state index in [-0.39, 0.29) is 0 Å². The van der Waals surface area contributed by atoms with Gasteiger partial charge in [-0.1, -0.05) is 158 Å². The number of aromatic nitrogens is 3. The molecular formula is C49H31N3. The molecule has 0 bridgehead atoms. The zero-order chi connectivity index (χ0) is 34.2. The molecule has 0 fully saturated rings. The predicted octanol–water partition coefficient (Wildman–Crippen LogP) is 11.8. The first-order valence-corrected chi connectivity index (χ1v) is 17.8. The van der Waals surface area contributed by atoms with Gasteiger partial charge >= 0.3 is 0 Å². The Morgan fingerprint density at radius 3 is 1.56 bits per heavy atom. The van der Waals surface area contributed by atoms with E-state index in [1.165, 1.54) is 33.4 Å². The third-order valence-electron chi connectivity index (χ3n) is 11.0. The van der Waals surface area contributed by atoms with Gasteiger partial charge in [-0.2, -0.15) is 0 Å². The molecule has 1 aliphatic heterocycles. The highest BCUT2D eigenvalue weighted by Crippen LogP contribution is 2.60. The van der Waals surface area contributed by atoms with Crippen LogP contribution in [0.25, 0.3) is 72.9 Å². The van der Waals surface area contributed by atoms with E-state index in [4.69, 9.17) is 9.97 Å². The van der Waals surface area contributed by atoms with Gasteiger partial charge in [0.2, 0.25) is 0 Å². The molecular weight excluding hydrogens is 631 g/mol. The van der Waals surface area contributed by atoms with Gasteiger partial charge in [-0.15, -0.1) is 0 Å². The summed E-state index contributed by atoms with van der Waals surface area (Å²) in [6.45, 7) is 0. The zero-order valence-corrected chi connectivity index (χ0v) is 28.2. The summed E-state index contributed by atoms with van der Waals surface area (Å²) in [5.74, 6) is 0.937. The van der Waals surface area contributed by atoms with Crippen LogP contribution in [0.2, 0.25) is 0 Å². The fourth-order valence-electron chi connectivity index (χ4n) is 8.85. The highest BCUT2D eigenvalue weighted by Gasteiger charge is 2.50. The van der Waals surface area contributed by atoms with E-state index < -0.39 is 5.41 Å². The minimum Gasteiger partial charge on any atom is -0.292 e. The van der Waals surface area contributed by atoms with Crippen molar-refractivity contribution in [2.75, 3.05) is 0 Å². The number of pyridine rings is 1. The molecule has 7 aromatic carbocycles. The van der Waals surface area contributed by atoms with E-state index in [9.17, 15) is 0 Å². The second kappa shape index (κ2) is 11.1. The summed E-state index contributed by atoms with van der Waals surface area (Å²) in [5.41, 5.74) is 18.1. The second-order valence-corrected chi connectivity index (χ2v) is 13.7. The van der Waals surface area contributed by atoms with E-state index in [1.807, 2.05) is 12.1 Å². The largest absolute Gasteiger partial charge is 0.292 e. The van der Waals surface area contributed by atoms with Crippen molar-refractivity contribution in [3.05, 3.63) is 210 Å². The Bertz CT molecular complexity index is 2750. The number of hydrogen-bond acceptors (Lipinski definition) is 2. The maximum atomic E-state index is 5.44. The van der Waals surface area contributed by atoms with Crippen LogP contribution in [-0.2, 0) is 5.41 Å². The molecule has 0 radical (unpaired) electrons. The van der Waals surface area contributed by atoms with Crippen LogP contribution in [0.5, 0.6) is 0 Å². The number of rotatable bonds is 4. The fraction of sp³-hybridized carbons (Fsp3) is 0.0204. The Morgan fingerprint density at radius 2 is 0.885 bits per heavy atom. The van der Waals surface area contributed by atoms with Crippen molar-refractivity contribution >= 4 is 11.0 Å². The molecule has 9 aromatic rings. The summed E-state index contributed by atoms with van der Waals surface area (Å²) in [5, 5.41) is 0. The van der Waals surface area contributed by atoms with Crippen LogP contribution in [0.1, 0.15) is 22.3 Å². The Kier molecular flexibility index (Phi) is 6.17. The van der Waals surface area contributed by atoms with E-state index >= 15 is 0 Å². The lowest BCUT2D eigenvalue weighted by Gasteiger charge is -2.39. The van der Waals surface area contributed by atoms with Gasteiger partial charge in [0.05, 0.1) is 33.5 Å². The van der Waals surface area contributed by atoms with E-state index in [2.05, 4.69) is 180 Å². The van der Waals surface area contributed by atoms with Gasteiger partial charge in [-0.05, 0) is 74.8 Å². The monoisotopic (exact) mass is 661 g/mol. The lowest BCUT2D eigenvalue weighted by molar-refractivity contribution is 0.746. The Labute approximate surface area is 302 Å². The molecule has 0 atom stereocenters. The Hall–Kier alpha value is -6.84. The van der Waals surface area contributed by atoms with Crippen molar-refractivity contribution in [1.82, 2.24) is 14.5 Å². The van der Waals surface area contributed by atoms with Gasteiger partial charge in [0.1, 0.15) is 5.82 Å². The molecule has 3 heterocycles. The number of nitrogens with zero attached hydrogens (tertiary/aromatic N) is 3. The van der Waals surface area contributed by atoms with Gasteiger partial charge in [0.15, 0.2) is 0 Å². The highest BCUT2D eigenvalue weighted by molar-refractivity contribution is 5.97. The lowest BCUT2D eigenvalue weighted by Crippen LogP contribution is -2.33. The number of para-hydroxylation sites is 2. The molecule has 0 saturated carbocycles. The Balaban J connectivity index is 1.15. The first kappa shape index (κ1) is 28.9.